The molecular formula is C17H23N3. The van der Waals surface area contributed by atoms with Crippen LogP contribution in [0.5, 0.6) is 0 Å². The predicted molar refractivity (Wildman–Crippen MR) is 85.7 cm³/mol. The van der Waals surface area contributed by atoms with Crippen molar-refractivity contribution in [1.82, 2.24) is 9.88 Å². The molecule has 1 aromatic rings. The van der Waals surface area contributed by atoms with E-state index in [1.54, 1.807) is 0 Å². The molecule has 1 aliphatic rings. The highest BCUT2D eigenvalue weighted by Crippen LogP contribution is 2.20. The summed E-state index contributed by atoms with van der Waals surface area (Å²) in [5.41, 5.74) is 3.63. The monoisotopic (exact) mass is 269 g/mol. The van der Waals surface area contributed by atoms with Crippen molar-refractivity contribution in [3.8, 4) is 0 Å². The Morgan fingerprint density at radius 3 is 2.40 bits per heavy atom. The first-order valence-corrected chi connectivity index (χ1v) is 7.11. The van der Waals surface area contributed by atoms with E-state index >= 15 is 0 Å². The SMILES string of the molecule is C=C(C)/C(=C\C=C/C)N1CCN(c2ccncc2)CC1. The molecular weight excluding hydrogens is 246 g/mol. The van der Waals surface area contributed by atoms with Gasteiger partial charge in [0.15, 0.2) is 0 Å². The molecule has 0 N–H and O–H groups in total. The van der Waals surface area contributed by atoms with Crippen LogP contribution in [-0.2, 0) is 0 Å². The standard InChI is InChI=1S/C17H23N3/c1-4-5-6-17(15(2)3)20-13-11-19(12-14-20)16-7-9-18-10-8-16/h4-10H,2,11-14H2,1,3H3/b5-4-,17-6+. The number of rotatable bonds is 4. The van der Waals surface area contributed by atoms with Gasteiger partial charge in [-0.3, -0.25) is 4.98 Å². The molecule has 2 rings (SSSR count). The van der Waals surface area contributed by atoms with Gasteiger partial charge in [-0.15, -0.1) is 0 Å². The summed E-state index contributed by atoms with van der Waals surface area (Å²) in [6, 6.07) is 4.15. The zero-order valence-corrected chi connectivity index (χ0v) is 12.4. The van der Waals surface area contributed by atoms with Gasteiger partial charge in [0.2, 0.25) is 0 Å². The van der Waals surface area contributed by atoms with Crippen LogP contribution < -0.4 is 4.90 Å². The van der Waals surface area contributed by atoms with Gasteiger partial charge in [0.05, 0.1) is 0 Å². The summed E-state index contributed by atoms with van der Waals surface area (Å²) in [7, 11) is 0. The molecule has 0 aromatic carbocycles. The number of hydrogen-bond acceptors (Lipinski definition) is 3. The highest BCUT2D eigenvalue weighted by molar-refractivity contribution is 5.45. The molecule has 0 aliphatic carbocycles. The Morgan fingerprint density at radius 1 is 1.20 bits per heavy atom. The maximum atomic E-state index is 4.10. The number of pyridine rings is 1. The van der Waals surface area contributed by atoms with Crippen LogP contribution in [0.4, 0.5) is 5.69 Å². The first-order chi connectivity index (χ1) is 9.72. The molecule has 3 nitrogen and oxygen atoms in total. The van der Waals surface area contributed by atoms with Crippen LogP contribution in [0.1, 0.15) is 13.8 Å². The topological polar surface area (TPSA) is 19.4 Å². The van der Waals surface area contributed by atoms with E-state index in [4.69, 9.17) is 0 Å². The fourth-order valence-corrected chi connectivity index (χ4v) is 2.47. The third-order valence-corrected chi connectivity index (χ3v) is 3.53. The van der Waals surface area contributed by atoms with Crippen LogP contribution in [0.2, 0.25) is 0 Å². The number of aromatic nitrogens is 1. The number of allylic oxidation sites excluding steroid dienone is 4. The van der Waals surface area contributed by atoms with Crippen molar-refractivity contribution in [3.05, 3.63) is 60.6 Å². The predicted octanol–water partition coefficient (Wildman–Crippen LogP) is 3.24. The Balaban J connectivity index is 2.01. The van der Waals surface area contributed by atoms with Gasteiger partial charge in [-0.1, -0.05) is 18.7 Å². The average Bonchev–Trinajstić information content (AvgIpc) is 2.49. The summed E-state index contributed by atoms with van der Waals surface area (Å²) in [6.07, 6.45) is 10.00. The van der Waals surface area contributed by atoms with Crippen molar-refractivity contribution in [2.45, 2.75) is 13.8 Å². The molecule has 0 bridgehead atoms. The van der Waals surface area contributed by atoms with E-state index in [9.17, 15) is 0 Å². The Morgan fingerprint density at radius 2 is 1.85 bits per heavy atom. The summed E-state index contributed by atoms with van der Waals surface area (Å²) < 4.78 is 0. The second kappa shape index (κ2) is 6.94. The number of piperazine rings is 1. The molecule has 0 amide bonds. The molecule has 3 heteroatoms. The lowest BCUT2D eigenvalue weighted by molar-refractivity contribution is 0.327. The van der Waals surface area contributed by atoms with Gasteiger partial charge < -0.3 is 9.80 Å². The maximum Gasteiger partial charge on any atom is 0.0398 e. The third-order valence-electron chi connectivity index (χ3n) is 3.53. The molecule has 106 valence electrons. The fraction of sp³-hybridized carbons (Fsp3) is 0.353. The maximum absolute atomic E-state index is 4.10. The Labute approximate surface area is 121 Å². The molecule has 0 atom stereocenters. The van der Waals surface area contributed by atoms with Gasteiger partial charge in [-0.05, 0) is 37.6 Å². The second-order valence-corrected chi connectivity index (χ2v) is 5.04. The Kier molecular flexibility index (Phi) is 4.99. The summed E-state index contributed by atoms with van der Waals surface area (Å²) in [5, 5.41) is 0. The number of hydrogen-bond donors (Lipinski definition) is 0. The lowest BCUT2D eigenvalue weighted by Crippen LogP contribution is -2.46. The number of nitrogens with zero attached hydrogens (tertiary/aromatic N) is 3. The van der Waals surface area contributed by atoms with Crippen molar-refractivity contribution >= 4 is 5.69 Å². The van der Waals surface area contributed by atoms with Crippen LogP contribution in [0.25, 0.3) is 0 Å². The van der Waals surface area contributed by atoms with Crippen molar-refractivity contribution < 1.29 is 0 Å². The van der Waals surface area contributed by atoms with E-state index in [0.717, 1.165) is 31.8 Å². The van der Waals surface area contributed by atoms with Gasteiger partial charge in [-0.25, -0.2) is 0 Å². The molecule has 1 saturated heterocycles. The van der Waals surface area contributed by atoms with E-state index in [1.165, 1.54) is 11.4 Å². The molecule has 1 aromatic heterocycles. The fourth-order valence-electron chi connectivity index (χ4n) is 2.47. The zero-order valence-electron chi connectivity index (χ0n) is 12.4. The molecule has 1 fully saturated rings. The van der Waals surface area contributed by atoms with Gasteiger partial charge in [0.1, 0.15) is 0 Å². The summed E-state index contributed by atoms with van der Waals surface area (Å²) >= 11 is 0. The minimum absolute atomic E-state index is 1.03. The summed E-state index contributed by atoms with van der Waals surface area (Å²) in [5.74, 6) is 0. The minimum atomic E-state index is 1.03. The highest BCUT2D eigenvalue weighted by Gasteiger charge is 2.18. The van der Waals surface area contributed by atoms with Crippen molar-refractivity contribution in [2.75, 3.05) is 31.1 Å². The summed E-state index contributed by atoms with van der Waals surface area (Å²) in [4.78, 5) is 8.90. The van der Waals surface area contributed by atoms with Crippen molar-refractivity contribution in [3.63, 3.8) is 0 Å². The van der Waals surface area contributed by atoms with Crippen LogP contribution in [0.15, 0.2) is 60.6 Å². The lowest BCUT2D eigenvalue weighted by atomic mass is 10.1. The van der Waals surface area contributed by atoms with Gasteiger partial charge >= 0.3 is 0 Å². The van der Waals surface area contributed by atoms with E-state index in [2.05, 4.69) is 58.6 Å². The van der Waals surface area contributed by atoms with Crippen LogP contribution >= 0.6 is 0 Å². The molecule has 1 aliphatic heterocycles. The van der Waals surface area contributed by atoms with E-state index in [0.29, 0.717) is 0 Å². The van der Waals surface area contributed by atoms with Crippen LogP contribution in [0, 0.1) is 0 Å². The van der Waals surface area contributed by atoms with E-state index in [1.807, 2.05) is 19.3 Å². The quantitative estimate of drug-likeness (QED) is 0.782. The van der Waals surface area contributed by atoms with Crippen LogP contribution in [0.3, 0.4) is 0 Å². The highest BCUT2D eigenvalue weighted by atomic mass is 15.3. The average molecular weight is 269 g/mol. The molecule has 0 unspecified atom stereocenters. The molecule has 2 heterocycles. The second-order valence-electron chi connectivity index (χ2n) is 5.04. The van der Waals surface area contributed by atoms with Gasteiger partial charge in [0, 0.05) is 50.0 Å². The minimum Gasteiger partial charge on any atom is -0.368 e. The van der Waals surface area contributed by atoms with Gasteiger partial charge in [-0.2, -0.15) is 0 Å². The zero-order chi connectivity index (χ0) is 14.4. The van der Waals surface area contributed by atoms with Crippen molar-refractivity contribution in [1.29, 1.82) is 0 Å². The molecule has 0 saturated carbocycles. The Bertz CT molecular complexity index is 494. The third kappa shape index (κ3) is 3.50. The Hall–Kier alpha value is -2.03. The van der Waals surface area contributed by atoms with Crippen molar-refractivity contribution in [2.24, 2.45) is 0 Å². The van der Waals surface area contributed by atoms with Crippen LogP contribution in [-0.4, -0.2) is 36.1 Å². The van der Waals surface area contributed by atoms with Gasteiger partial charge in [0.25, 0.3) is 0 Å². The molecule has 0 spiro atoms. The smallest absolute Gasteiger partial charge is 0.0398 e. The summed E-state index contributed by atoms with van der Waals surface area (Å²) in [6.45, 7) is 12.3. The van der Waals surface area contributed by atoms with E-state index < -0.39 is 0 Å². The molecule has 20 heavy (non-hydrogen) atoms. The molecule has 0 radical (unpaired) electrons. The van der Waals surface area contributed by atoms with E-state index in [-0.39, 0.29) is 0 Å². The normalized spacial score (nSPS) is 16.8. The lowest BCUT2D eigenvalue weighted by Gasteiger charge is -2.38. The largest absolute Gasteiger partial charge is 0.368 e. The first kappa shape index (κ1) is 14.4. The number of anilines is 1. The first-order valence-electron chi connectivity index (χ1n) is 7.11.